The molecule has 0 aliphatic rings. The van der Waals surface area contributed by atoms with E-state index in [1.807, 2.05) is 18.2 Å². The molecule has 0 aliphatic heterocycles. The van der Waals surface area contributed by atoms with E-state index in [9.17, 15) is 19.7 Å². The van der Waals surface area contributed by atoms with Crippen LogP contribution in [0.4, 0.5) is 17.1 Å². The predicted molar refractivity (Wildman–Crippen MR) is 102 cm³/mol. The van der Waals surface area contributed by atoms with Crippen LogP contribution in [0.15, 0.2) is 42.5 Å². The summed E-state index contributed by atoms with van der Waals surface area (Å²) in [5, 5.41) is 13.4. The highest BCUT2D eigenvalue weighted by Crippen LogP contribution is 2.26. The summed E-state index contributed by atoms with van der Waals surface area (Å²) < 4.78 is 4.97. The van der Waals surface area contributed by atoms with Crippen molar-refractivity contribution in [3.8, 4) is 0 Å². The Morgan fingerprint density at radius 3 is 2.59 bits per heavy atom. The van der Waals surface area contributed by atoms with Gasteiger partial charge in [0.05, 0.1) is 16.2 Å². The maximum Gasteiger partial charge on any atom is 0.340 e. The molecule has 0 saturated carbocycles. The Labute approximate surface area is 156 Å². The summed E-state index contributed by atoms with van der Waals surface area (Å²) in [6.45, 7) is 3.62. The number of nitrogen functional groups attached to an aromatic ring is 1. The van der Waals surface area contributed by atoms with Gasteiger partial charge in [-0.2, -0.15) is 0 Å². The second-order valence-corrected chi connectivity index (χ2v) is 6.05. The number of nitrogens with zero attached hydrogens (tertiary/aromatic N) is 1. The van der Waals surface area contributed by atoms with Crippen LogP contribution >= 0.6 is 0 Å². The fourth-order valence-corrected chi connectivity index (χ4v) is 2.51. The molecule has 2 rings (SSSR count). The SMILES string of the molecule is CC[C@H](C)c1ccccc1NC(=O)COC(=O)c1ccc([N+](=O)[O-])cc1N. The first-order valence-corrected chi connectivity index (χ1v) is 8.43. The topological polar surface area (TPSA) is 125 Å². The van der Waals surface area contributed by atoms with Crippen molar-refractivity contribution in [2.75, 3.05) is 17.7 Å². The summed E-state index contributed by atoms with van der Waals surface area (Å²) in [5.41, 5.74) is 6.97. The van der Waals surface area contributed by atoms with Gasteiger partial charge < -0.3 is 15.8 Å². The number of nitrogens with one attached hydrogen (secondary N) is 1. The molecule has 0 aromatic heterocycles. The molecule has 3 N–H and O–H groups in total. The van der Waals surface area contributed by atoms with Crippen molar-refractivity contribution in [2.24, 2.45) is 0 Å². The average Bonchev–Trinajstić information content (AvgIpc) is 2.65. The fraction of sp³-hybridized carbons (Fsp3) is 0.263. The first kappa shape index (κ1) is 19.9. The number of rotatable bonds is 7. The Hall–Kier alpha value is -3.42. The molecule has 0 radical (unpaired) electrons. The molecule has 0 aliphatic carbocycles. The molecule has 0 spiro atoms. The molecular weight excluding hydrogens is 350 g/mol. The predicted octanol–water partition coefficient (Wildman–Crippen LogP) is 3.49. The van der Waals surface area contributed by atoms with Crippen molar-refractivity contribution in [1.82, 2.24) is 0 Å². The number of ether oxygens (including phenoxy) is 1. The maximum absolute atomic E-state index is 12.1. The molecule has 2 aromatic carbocycles. The van der Waals surface area contributed by atoms with Crippen molar-refractivity contribution in [3.63, 3.8) is 0 Å². The van der Waals surface area contributed by atoms with Crippen molar-refractivity contribution < 1.29 is 19.2 Å². The van der Waals surface area contributed by atoms with Crippen LogP contribution in [0.1, 0.15) is 42.1 Å². The van der Waals surface area contributed by atoms with E-state index in [0.717, 1.165) is 24.1 Å². The highest BCUT2D eigenvalue weighted by molar-refractivity contribution is 5.98. The Kier molecular flexibility index (Phi) is 6.48. The summed E-state index contributed by atoms with van der Waals surface area (Å²) in [4.78, 5) is 34.3. The lowest BCUT2D eigenvalue weighted by Gasteiger charge is -2.15. The standard InChI is InChI=1S/C19H21N3O5/c1-3-12(2)14-6-4-5-7-17(14)21-18(23)11-27-19(24)15-9-8-13(22(25)26)10-16(15)20/h4-10,12H,3,11,20H2,1-2H3,(H,21,23)/t12-/m0/s1. The number of hydrogen-bond acceptors (Lipinski definition) is 6. The highest BCUT2D eigenvalue weighted by atomic mass is 16.6. The molecule has 1 atom stereocenters. The van der Waals surface area contributed by atoms with Crippen LogP contribution in [0.3, 0.4) is 0 Å². The Bertz CT molecular complexity index is 866. The van der Waals surface area contributed by atoms with E-state index in [2.05, 4.69) is 19.2 Å². The molecule has 0 saturated heterocycles. The minimum Gasteiger partial charge on any atom is -0.452 e. The fourth-order valence-electron chi connectivity index (χ4n) is 2.51. The summed E-state index contributed by atoms with van der Waals surface area (Å²) in [6.07, 6.45) is 0.918. The largest absolute Gasteiger partial charge is 0.452 e. The number of anilines is 2. The number of nitrogens with two attached hydrogens (primary N) is 1. The Morgan fingerprint density at radius 2 is 1.96 bits per heavy atom. The Balaban J connectivity index is 2.00. The van der Waals surface area contributed by atoms with Crippen LogP contribution in [0.5, 0.6) is 0 Å². The molecule has 27 heavy (non-hydrogen) atoms. The summed E-state index contributed by atoms with van der Waals surface area (Å²) in [6, 6.07) is 10.9. The first-order chi connectivity index (χ1) is 12.8. The number of para-hydroxylation sites is 1. The molecule has 8 nitrogen and oxygen atoms in total. The number of esters is 1. The zero-order valence-electron chi connectivity index (χ0n) is 15.1. The second kappa shape index (κ2) is 8.79. The van der Waals surface area contributed by atoms with Gasteiger partial charge in [0.15, 0.2) is 6.61 Å². The van der Waals surface area contributed by atoms with Gasteiger partial charge in [-0.1, -0.05) is 32.0 Å². The van der Waals surface area contributed by atoms with Crippen molar-refractivity contribution in [1.29, 1.82) is 0 Å². The number of benzene rings is 2. The maximum atomic E-state index is 12.1. The number of amides is 1. The molecule has 142 valence electrons. The van der Waals surface area contributed by atoms with E-state index in [0.29, 0.717) is 5.69 Å². The summed E-state index contributed by atoms with van der Waals surface area (Å²) >= 11 is 0. The van der Waals surface area contributed by atoms with Crippen LogP contribution in [0.25, 0.3) is 0 Å². The number of nitro benzene ring substituents is 1. The third-order valence-electron chi connectivity index (χ3n) is 4.18. The molecule has 2 aromatic rings. The molecule has 8 heteroatoms. The summed E-state index contributed by atoms with van der Waals surface area (Å²) in [5.74, 6) is -1.05. The highest BCUT2D eigenvalue weighted by Gasteiger charge is 2.17. The minimum absolute atomic E-state index is 0.0339. The second-order valence-electron chi connectivity index (χ2n) is 6.05. The lowest BCUT2D eigenvalue weighted by atomic mass is 9.97. The van der Waals surface area contributed by atoms with Crippen LogP contribution in [0.2, 0.25) is 0 Å². The van der Waals surface area contributed by atoms with E-state index < -0.39 is 23.4 Å². The zero-order valence-corrected chi connectivity index (χ0v) is 15.1. The lowest BCUT2D eigenvalue weighted by Crippen LogP contribution is -2.22. The molecular formula is C19H21N3O5. The van der Waals surface area contributed by atoms with Gasteiger partial charge in [-0.3, -0.25) is 14.9 Å². The monoisotopic (exact) mass is 371 g/mol. The van der Waals surface area contributed by atoms with E-state index >= 15 is 0 Å². The van der Waals surface area contributed by atoms with E-state index in [1.54, 1.807) is 6.07 Å². The van der Waals surface area contributed by atoms with Gasteiger partial charge in [0, 0.05) is 17.8 Å². The van der Waals surface area contributed by atoms with Gasteiger partial charge in [-0.25, -0.2) is 4.79 Å². The molecule has 0 unspecified atom stereocenters. The van der Waals surface area contributed by atoms with Crippen LogP contribution in [-0.2, 0) is 9.53 Å². The number of non-ortho nitro benzene ring substituents is 1. The normalized spacial score (nSPS) is 11.5. The molecule has 1 amide bonds. The van der Waals surface area contributed by atoms with E-state index in [1.165, 1.54) is 6.07 Å². The van der Waals surface area contributed by atoms with E-state index in [-0.39, 0.29) is 22.9 Å². The minimum atomic E-state index is -0.826. The number of carbonyl (C=O) groups excluding carboxylic acids is 2. The molecule has 0 fully saturated rings. The van der Waals surface area contributed by atoms with Gasteiger partial charge in [0.1, 0.15) is 0 Å². The van der Waals surface area contributed by atoms with E-state index in [4.69, 9.17) is 10.5 Å². The van der Waals surface area contributed by atoms with Gasteiger partial charge in [-0.15, -0.1) is 0 Å². The zero-order chi connectivity index (χ0) is 20.0. The van der Waals surface area contributed by atoms with Gasteiger partial charge in [-0.05, 0) is 30.0 Å². The number of nitro groups is 1. The first-order valence-electron chi connectivity index (χ1n) is 8.43. The third kappa shape index (κ3) is 5.04. The number of carbonyl (C=O) groups is 2. The Morgan fingerprint density at radius 1 is 1.26 bits per heavy atom. The van der Waals surface area contributed by atoms with Crippen molar-refractivity contribution >= 4 is 28.9 Å². The average molecular weight is 371 g/mol. The van der Waals surface area contributed by atoms with Gasteiger partial charge in [0.25, 0.3) is 11.6 Å². The van der Waals surface area contributed by atoms with Crippen LogP contribution < -0.4 is 11.1 Å². The smallest absolute Gasteiger partial charge is 0.340 e. The van der Waals surface area contributed by atoms with Crippen LogP contribution in [-0.4, -0.2) is 23.4 Å². The number of hydrogen-bond donors (Lipinski definition) is 2. The van der Waals surface area contributed by atoms with Crippen LogP contribution in [0, 0.1) is 10.1 Å². The third-order valence-corrected chi connectivity index (χ3v) is 4.18. The quantitative estimate of drug-likeness (QED) is 0.332. The lowest BCUT2D eigenvalue weighted by molar-refractivity contribution is -0.384. The summed E-state index contributed by atoms with van der Waals surface area (Å²) in [7, 11) is 0. The van der Waals surface area contributed by atoms with Gasteiger partial charge in [0.2, 0.25) is 0 Å². The molecule has 0 bridgehead atoms. The van der Waals surface area contributed by atoms with Crippen molar-refractivity contribution in [3.05, 3.63) is 63.7 Å². The molecule has 0 heterocycles. The van der Waals surface area contributed by atoms with Gasteiger partial charge >= 0.3 is 5.97 Å². The van der Waals surface area contributed by atoms with Crippen molar-refractivity contribution in [2.45, 2.75) is 26.2 Å².